The number of likely N-dealkylation sites (tertiary alicyclic amines) is 1. The summed E-state index contributed by atoms with van der Waals surface area (Å²) in [4.78, 5) is 27.1. The summed E-state index contributed by atoms with van der Waals surface area (Å²) in [5.41, 5.74) is 3.31. The van der Waals surface area contributed by atoms with Crippen LogP contribution in [0.15, 0.2) is 48.0 Å². The Hall–Kier alpha value is -3.08. The van der Waals surface area contributed by atoms with E-state index in [1.165, 1.54) is 0 Å². The predicted molar refractivity (Wildman–Crippen MR) is 108 cm³/mol. The Kier molecular flexibility index (Phi) is 5.54. The molecule has 1 saturated heterocycles. The van der Waals surface area contributed by atoms with Crippen LogP contribution in [-0.2, 0) is 9.59 Å². The number of benzene rings is 2. The van der Waals surface area contributed by atoms with E-state index in [9.17, 15) is 14.7 Å². The lowest BCUT2D eigenvalue weighted by Crippen LogP contribution is -2.30. The number of carbonyl (C=O) groups excluding carboxylic acids is 2. The number of aryl methyl sites for hydroxylation is 2. The van der Waals surface area contributed by atoms with Crippen molar-refractivity contribution in [3.05, 3.63) is 70.3 Å². The van der Waals surface area contributed by atoms with Gasteiger partial charge in [-0.05, 0) is 49.6 Å². The fourth-order valence-electron chi connectivity index (χ4n) is 3.72. The largest absolute Gasteiger partial charge is 0.507 e. The van der Waals surface area contributed by atoms with Crippen LogP contribution in [0.5, 0.6) is 5.75 Å². The van der Waals surface area contributed by atoms with Crippen LogP contribution in [0.2, 0.25) is 0 Å². The van der Waals surface area contributed by atoms with E-state index in [0.717, 1.165) is 23.1 Å². The monoisotopic (exact) mass is 379 g/mol. The summed E-state index contributed by atoms with van der Waals surface area (Å²) in [5, 5.41) is 11.0. The molecule has 146 valence electrons. The van der Waals surface area contributed by atoms with E-state index in [-0.39, 0.29) is 11.3 Å². The molecule has 0 radical (unpaired) electrons. The van der Waals surface area contributed by atoms with Gasteiger partial charge in [-0.25, -0.2) is 0 Å². The van der Waals surface area contributed by atoms with Crippen molar-refractivity contribution in [2.45, 2.75) is 33.2 Å². The van der Waals surface area contributed by atoms with Crippen LogP contribution < -0.4 is 4.74 Å². The SMILES string of the molecule is CCCN1C(=O)C(=O)/C(=C(\O)c2ccc(OC)c(C)c2)C1c1cccc(C)c1. The lowest BCUT2D eigenvalue weighted by molar-refractivity contribution is -0.139. The fraction of sp³-hybridized carbons (Fsp3) is 0.304. The number of ketones is 1. The number of hydrogen-bond donors (Lipinski definition) is 1. The molecule has 28 heavy (non-hydrogen) atoms. The zero-order valence-corrected chi connectivity index (χ0v) is 16.7. The molecule has 3 rings (SSSR count). The first kappa shape index (κ1) is 19.7. The molecular formula is C23H25NO4. The number of hydrogen-bond acceptors (Lipinski definition) is 4. The molecule has 0 aliphatic carbocycles. The lowest BCUT2D eigenvalue weighted by atomic mass is 9.94. The summed E-state index contributed by atoms with van der Waals surface area (Å²) < 4.78 is 5.27. The van der Waals surface area contributed by atoms with Gasteiger partial charge in [-0.15, -0.1) is 0 Å². The number of ether oxygens (including phenoxy) is 1. The van der Waals surface area contributed by atoms with Gasteiger partial charge in [0, 0.05) is 12.1 Å². The molecule has 1 fully saturated rings. The summed E-state index contributed by atoms with van der Waals surface area (Å²) in [6, 6.07) is 12.3. The lowest BCUT2D eigenvalue weighted by Gasteiger charge is -2.25. The van der Waals surface area contributed by atoms with E-state index in [4.69, 9.17) is 4.74 Å². The Balaban J connectivity index is 2.19. The first-order valence-corrected chi connectivity index (χ1v) is 9.39. The van der Waals surface area contributed by atoms with Gasteiger partial charge >= 0.3 is 0 Å². The predicted octanol–water partition coefficient (Wildman–Crippen LogP) is 4.14. The standard InChI is InChI=1S/C23H25NO4/c1-5-11-24-20(16-8-6-7-14(2)12-16)19(22(26)23(24)27)21(25)17-9-10-18(28-4)15(3)13-17/h6-10,12-13,20,25H,5,11H2,1-4H3/b21-19-. The average molecular weight is 379 g/mol. The van der Waals surface area contributed by atoms with Crippen LogP contribution in [0.25, 0.3) is 5.76 Å². The molecule has 2 aromatic rings. The highest BCUT2D eigenvalue weighted by Gasteiger charge is 2.45. The first-order valence-electron chi connectivity index (χ1n) is 9.39. The zero-order chi connectivity index (χ0) is 20.4. The summed E-state index contributed by atoms with van der Waals surface area (Å²) >= 11 is 0. The third-order valence-electron chi connectivity index (χ3n) is 5.03. The number of methoxy groups -OCH3 is 1. The van der Waals surface area contributed by atoms with E-state index < -0.39 is 17.7 Å². The van der Waals surface area contributed by atoms with E-state index >= 15 is 0 Å². The summed E-state index contributed by atoms with van der Waals surface area (Å²) in [6.07, 6.45) is 0.719. The molecule has 0 aromatic heterocycles. The fourth-order valence-corrected chi connectivity index (χ4v) is 3.72. The smallest absolute Gasteiger partial charge is 0.295 e. The Morgan fingerprint density at radius 2 is 1.89 bits per heavy atom. The van der Waals surface area contributed by atoms with Gasteiger partial charge in [-0.2, -0.15) is 0 Å². The molecule has 0 spiro atoms. The molecule has 1 amide bonds. The van der Waals surface area contributed by atoms with Crippen LogP contribution in [0.3, 0.4) is 0 Å². The van der Waals surface area contributed by atoms with E-state index in [0.29, 0.717) is 17.9 Å². The van der Waals surface area contributed by atoms with Gasteiger partial charge < -0.3 is 14.7 Å². The maximum atomic E-state index is 12.8. The highest BCUT2D eigenvalue weighted by Crippen LogP contribution is 2.40. The molecule has 1 N–H and O–H groups in total. The van der Waals surface area contributed by atoms with Crippen molar-refractivity contribution < 1.29 is 19.4 Å². The van der Waals surface area contributed by atoms with Crippen molar-refractivity contribution in [2.24, 2.45) is 0 Å². The van der Waals surface area contributed by atoms with Crippen molar-refractivity contribution in [3.8, 4) is 5.75 Å². The quantitative estimate of drug-likeness (QED) is 0.482. The molecule has 1 heterocycles. The maximum absolute atomic E-state index is 12.8. The van der Waals surface area contributed by atoms with Crippen molar-refractivity contribution in [2.75, 3.05) is 13.7 Å². The number of aliphatic hydroxyl groups excluding tert-OH is 1. The van der Waals surface area contributed by atoms with Crippen molar-refractivity contribution in [1.29, 1.82) is 0 Å². The van der Waals surface area contributed by atoms with Crippen LogP contribution in [-0.4, -0.2) is 35.4 Å². The van der Waals surface area contributed by atoms with Gasteiger partial charge in [0.25, 0.3) is 11.7 Å². The minimum Gasteiger partial charge on any atom is -0.507 e. The number of rotatable bonds is 5. The van der Waals surface area contributed by atoms with Crippen LogP contribution >= 0.6 is 0 Å². The van der Waals surface area contributed by atoms with Crippen LogP contribution in [0.4, 0.5) is 0 Å². The Morgan fingerprint density at radius 1 is 1.14 bits per heavy atom. The first-order chi connectivity index (χ1) is 13.4. The molecule has 2 aromatic carbocycles. The normalized spacial score (nSPS) is 18.6. The molecule has 1 unspecified atom stereocenters. The summed E-state index contributed by atoms with van der Waals surface area (Å²) in [7, 11) is 1.58. The maximum Gasteiger partial charge on any atom is 0.295 e. The average Bonchev–Trinajstić information content (AvgIpc) is 2.92. The molecule has 0 bridgehead atoms. The third kappa shape index (κ3) is 3.40. The second-order valence-corrected chi connectivity index (χ2v) is 7.09. The van der Waals surface area contributed by atoms with E-state index in [2.05, 4.69) is 0 Å². The second kappa shape index (κ2) is 7.89. The van der Waals surface area contributed by atoms with Gasteiger partial charge in [0.05, 0.1) is 18.7 Å². The Bertz CT molecular complexity index is 961. The van der Waals surface area contributed by atoms with Gasteiger partial charge in [-0.3, -0.25) is 9.59 Å². The zero-order valence-electron chi connectivity index (χ0n) is 16.7. The van der Waals surface area contributed by atoms with Gasteiger partial charge in [-0.1, -0.05) is 36.8 Å². The molecule has 5 heteroatoms. The number of aliphatic hydroxyl groups is 1. The number of Topliss-reactive ketones (excluding diaryl/α,β-unsaturated/α-hetero) is 1. The summed E-state index contributed by atoms with van der Waals surface area (Å²) in [6.45, 7) is 6.23. The molecule has 1 aliphatic rings. The second-order valence-electron chi connectivity index (χ2n) is 7.09. The minimum absolute atomic E-state index is 0.133. The highest BCUT2D eigenvalue weighted by molar-refractivity contribution is 6.46. The number of nitrogens with zero attached hydrogens (tertiary/aromatic N) is 1. The van der Waals surface area contributed by atoms with E-state index in [1.807, 2.05) is 45.0 Å². The van der Waals surface area contributed by atoms with Gasteiger partial charge in [0.15, 0.2) is 0 Å². The van der Waals surface area contributed by atoms with Crippen LogP contribution in [0, 0.1) is 13.8 Å². The molecule has 0 saturated carbocycles. The van der Waals surface area contributed by atoms with Crippen molar-refractivity contribution >= 4 is 17.4 Å². The minimum atomic E-state index is -0.647. The van der Waals surface area contributed by atoms with Crippen molar-refractivity contribution in [1.82, 2.24) is 4.90 Å². The molecule has 5 nitrogen and oxygen atoms in total. The van der Waals surface area contributed by atoms with Crippen molar-refractivity contribution in [3.63, 3.8) is 0 Å². The van der Waals surface area contributed by atoms with E-state index in [1.54, 1.807) is 30.2 Å². The highest BCUT2D eigenvalue weighted by atomic mass is 16.5. The number of carbonyl (C=O) groups is 2. The molecular weight excluding hydrogens is 354 g/mol. The Labute approximate surface area is 165 Å². The Morgan fingerprint density at radius 3 is 2.50 bits per heavy atom. The third-order valence-corrected chi connectivity index (χ3v) is 5.03. The number of amides is 1. The molecule has 1 atom stereocenters. The van der Waals surface area contributed by atoms with Gasteiger partial charge in [0.1, 0.15) is 11.5 Å². The topological polar surface area (TPSA) is 66.8 Å². The molecule has 1 aliphatic heterocycles. The summed E-state index contributed by atoms with van der Waals surface area (Å²) in [5.74, 6) is -0.682. The van der Waals surface area contributed by atoms with Gasteiger partial charge in [0.2, 0.25) is 0 Å². The van der Waals surface area contributed by atoms with Crippen LogP contribution in [0.1, 0.15) is 41.6 Å².